The molecule has 0 radical (unpaired) electrons. The Hall–Kier alpha value is -3.10. The summed E-state index contributed by atoms with van der Waals surface area (Å²) in [6, 6.07) is 15.6. The number of aromatic nitrogens is 2. The van der Waals surface area contributed by atoms with Crippen LogP contribution in [0.15, 0.2) is 64.2 Å². The lowest BCUT2D eigenvalue weighted by molar-refractivity contribution is -0.0409. The van der Waals surface area contributed by atoms with Crippen LogP contribution >= 0.6 is 0 Å². The molecule has 1 aliphatic rings. The second-order valence-corrected chi connectivity index (χ2v) is 25.1. The number of ether oxygens (including phenoxy) is 2. The molecule has 47 heavy (non-hydrogen) atoms. The Balaban J connectivity index is 1.93. The minimum Gasteiger partial charge on any atom is -0.496 e. The zero-order chi connectivity index (χ0) is 35.1. The molecule has 256 valence electrons. The first-order chi connectivity index (χ1) is 21.7. The van der Waals surface area contributed by atoms with Gasteiger partial charge in [-0.3, -0.25) is 14.2 Å². The molecular formula is C36H52N2O7Si2. The van der Waals surface area contributed by atoms with Crippen molar-refractivity contribution < 1.29 is 23.1 Å². The number of rotatable bonds is 9. The molecule has 2 aromatic carbocycles. The highest BCUT2D eigenvalue weighted by Crippen LogP contribution is 2.43. The monoisotopic (exact) mass is 680 g/mol. The Morgan fingerprint density at radius 2 is 1.47 bits per heavy atom. The van der Waals surface area contributed by atoms with E-state index in [4.69, 9.17) is 18.3 Å². The number of methoxy groups -OCH3 is 1. The summed E-state index contributed by atoms with van der Waals surface area (Å²) >= 11 is 0. The first-order valence-electron chi connectivity index (χ1n) is 16.3. The lowest BCUT2D eigenvalue weighted by Crippen LogP contribution is -2.48. The van der Waals surface area contributed by atoms with Gasteiger partial charge in [-0.2, -0.15) is 4.57 Å². The van der Waals surface area contributed by atoms with E-state index in [1.807, 2.05) is 12.1 Å². The predicted octanol–water partition coefficient (Wildman–Crippen LogP) is 7.38. The van der Waals surface area contributed by atoms with Crippen molar-refractivity contribution in [2.75, 3.05) is 13.7 Å². The topological polar surface area (TPSA) is 98.0 Å². The van der Waals surface area contributed by atoms with Crippen molar-refractivity contribution in [1.82, 2.24) is 9.13 Å². The Morgan fingerprint density at radius 1 is 0.894 bits per heavy atom. The summed E-state index contributed by atoms with van der Waals surface area (Å²) in [4.78, 5) is 42.2. The van der Waals surface area contributed by atoms with Crippen molar-refractivity contribution in [2.45, 2.75) is 110 Å². The number of carbonyl (C=O) groups excluding carboxylic acids is 1. The maximum absolute atomic E-state index is 14.6. The number of para-hydroxylation sites is 1. The van der Waals surface area contributed by atoms with E-state index in [0.29, 0.717) is 30.0 Å². The molecule has 9 nitrogen and oxygen atoms in total. The standard InChI is InChI=1S/C36H52N2O7Si2/c1-24-31(26-20-16-17-21-27(26)42-8)37(34(41)38(32(24)39)33(40)25-18-14-13-15-19-25)30-22-28(45-47(11,12)36(5,6)7)29(44-30)23-43-46(9,10)35(2,3)4/h13-21,28-30H,22-23H2,1-12H3/t28-,29+,30+/m0/s1. The van der Waals surface area contributed by atoms with Gasteiger partial charge in [0.25, 0.3) is 11.5 Å². The molecular weight excluding hydrogens is 629 g/mol. The minimum atomic E-state index is -2.29. The minimum absolute atomic E-state index is 0.0147. The fourth-order valence-electron chi connectivity index (χ4n) is 5.26. The number of carbonyl (C=O) groups is 1. The highest BCUT2D eigenvalue weighted by molar-refractivity contribution is 6.74. The third-order valence-electron chi connectivity index (χ3n) is 10.2. The third kappa shape index (κ3) is 7.34. The molecule has 1 saturated heterocycles. The van der Waals surface area contributed by atoms with E-state index in [1.54, 1.807) is 56.5 Å². The van der Waals surface area contributed by atoms with E-state index >= 15 is 0 Å². The molecule has 1 aromatic heterocycles. The van der Waals surface area contributed by atoms with Crippen molar-refractivity contribution in [1.29, 1.82) is 0 Å². The van der Waals surface area contributed by atoms with Crippen LogP contribution in [0.2, 0.25) is 36.3 Å². The highest BCUT2D eigenvalue weighted by atomic mass is 28.4. The van der Waals surface area contributed by atoms with E-state index in [9.17, 15) is 14.4 Å². The highest BCUT2D eigenvalue weighted by Gasteiger charge is 2.47. The van der Waals surface area contributed by atoms with Crippen molar-refractivity contribution >= 4 is 22.5 Å². The van der Waals surface area contributed by atoms with Crippen LogP contribution in [0, 0.1) is 6.92 Å². The van der Waals surface area contributed by atoms with Crippen LogP contribution in [0.25, 0.3) is 11.3 Å². The van der Waals surface area contributed by atoms with Gasteiger partial charge >= 0.3 is 5.69 Å². The zero-order valence-corrected chi connectivity index (χ0v) is 32.1. The molecule has 0 saturated carbocycles. The van der Waals surface area contributed by atoms with Crippen LogP contribution in [0.4, 0.5) is 0 Å². The first-order valence-corrected chi connectivity index (χ1v) is 22.1. The molecule has 0 spiro atoms. The van der Waals surface area contributed by atoms with E-state index in [0.717, 1.165) is 4.57 Å². The largest absolute Gasteiger partial charge is 0.496 e. The molecule has 0 amide bonds. The van der Waals surface area contributed by atoms with Gasteiger partial charge in [0.1, 0.15) is 18.1 Å². The van der Waals surface area contributed by atoms with Gasteiger partial charge in [-0.15, -0.1) is 0 Å². The van der Waals surface area contributed by atoms with Crippen molar-refractivity contribution in [3.8, 4) is 17.0 Å². The maximum Gasteiger partial charge on any atom is 0.340 e. The van der Waals surface area contributed by atoms with E-state index < -0.39 is 46.1 Å². The number of nitrogens with zero attached hydrogens (tertiary/aromatic N) is 2. The Kier molecular flexibility index (Phi) is 10.5. The molecule has 3 aromatic rings. The van der Waals surface area contributed by atoms with Crippen molar-refractivity contribution in [3.05, 3.63) is 86.6 Å². The normalized spacial score (nSPS) is 19.2. The van der Waals surface area contributed by atoms with Crippen LogP contribution < -0.4 is 16.0 Å². The number of benzene rings is 2. The second-order valence-electron chi connectivity index (χ2n) is 15.5. The lowest BCUT2D eigenvalue weighted by atomic mass is 10.0. The van der Waals surface area contributed by atoms with Gasteiger partial charge in [-0.1, -0.05) is 71.9 Å². The maximum atomic E-state index is 14.6. The fourth-order valence-corrected chi connectivity index (χ4v) is 7.63. The molecule has 3 atom stereocenters. The van der Waals surface area contributed by atoms with Crippen LogP contribution in [0.5, 0.6) is 5.75 Å². The average molecular weight is 681 g/mol. The summed E-state index contributed by atoms with van der Waals surface area (Å²) in [6.07, 6.45) is -1.38. The SMILES string of the molecule is COc1ccccc1-c1c(C)c(=O)n(C(=O)c2ccccc2)c(=O)n1[C@H]1C[C@H](O[Si](C)(C)C(C)(C)C)[C@@H](CO[Si](C)(C)C(C)(C)C)O1. The summed E-state index contributed by atoms with van der Waals surface area (Å²) < 4.78 is 28.3. The van der Waals surface area contributed by atoms with Gasteiger partial charge in [0.2, 0.25) is 0 Å². The van der Waals surface area contributed by atoms with E-state index in [2.05, 4.69) is 67.7 Å². The quantitative estimate of drug-likeness (QED) is 0.218. The molecule has 0 unspecified atom stereocenters. The van der Waals surface area contributed by atoms with E-state index in [-0.39, 0.29) is 27.3 Å². The molecule has 0 bridgehead atoms. The number of hydrogen-bond acceptors (Lipinski definition) is 7. The molecule has 2 heterocycles. The van der Waals surface area contributed by atoms with Gasteiger partial charge in [0.15, 0.2) is 16.6 Å². The fraction of sp³-hybridized carbons (Fsp3) is 0.528. The van der Waals surface area contributed by atoms with Gasteiger partial charge in [0.05, 0.1) is 25.5 Å². The summed E-state index contributed by atoms with van der Waals surface area (Å²) in [5, 5.41) is -0.0829. The first kappa shape index (κ1) is 36.7. The Morgan fingerprint density at radius 3 is 2.04 bits per heavy atom. The van der Waals surface area contributed by atoms with Crippen LogP contribution in [-0.2, 0) is 13.6 Å². The third-order valence-corrected chi connectivity index (χ3v) is 19.2. The van der Waals surface area contributed by atoms with E-state index in [1.165, 1.54) is 4.57 Å². The smallest absolute Gasteiger partial charge is 0.340 e. The number of hydrogen-bond donors (Lipinski definition) is 0. The van der Waals surface area contributed by atoms with Gasteiger partial charge in [-0.05, 0) is 67.5 Å². The van der Waals surface area contributed by atoms with Crippen LogP contribution in [-0.4, -0.2) is 57.6 Å². The van der Waals surface area contributed by atoms with Gasteiger partial charge in [-0.25, -0.2) is 4.79 Å². The van der Waals surface area contributed by atoms with Gasteiger partial charge < -0.3 is 18.3 Å². The molecule has 4 rings (SSSR count). The van der Waals surface area contributed by atoms with Gasteiger partial charge in [0, 0.05) is 23.1 Å². The summed E-state index contributed by atoms with van der Waals surface area (Å²) in [7, 11) is -2.91. The Labute approximate surface area is 281 Å². The molecule has 0 aliphatic carbocycles. The Bertz CT molecular complexity index is 1720. The zero-order valence-electron chi connectivity index (χ0n) is 30.1. The molecule has 1 fully saturated rings. The molecule has 0 N–H and O–H groups in total. The van der Waals surface area contributed by atoms with Crippen LogP contribution in [0.1, 0.15) is 70.1 Å². The van der Waals surface area contributed by atoms with Crippen molar-refractivity contribution in [3.63, 3.8) is 0 Å². The predicted molar refractivity (Wildman–Crippen MR) is 192 cm³/mol. The molecule has 1 aliphatic heterocycles. The van der Waals surface area contributed by atoms with Crippen molar-refractivity contribution in [2.24, 2.45) is 0 Å². The summed E-state index contributed by atoms with van der Waals surface area (Å²) in [5.74, 6) is -0.214. The average Bonchev–Trinajstić information content (AvgIpc) is 3.38. The summed E-state index contributed by atoms with van der Waals surface area (Å²) in [5.41, 5.74) is -0.119. The lowest BCUT2D eigenvalue weighted by Gasteiger charge is -2.40. The molecule has 11 heteroatoms. The van der Waals surface area contributed by atoms with Crippen LogP contribution in [0.3, 0.4) is 0 Å². The summed E-state index contributed by atoms with van der Waals surface area (Å²) in [6.45, 7) is 23.8. The second kappa shape index (κ2) is 13.4.